The minimum Gasteiger partial charge on any atom is -0.319 e. The molecular formula is C11H11ClFN. The molecule has 1 rings (SSSR count). The molecule has 0 aromatic heterocycles. The van der Waals surface area contributed by atoms with Crippen LogP contribution in [0.3, 0.4) is 0 Å². The number of benzene rings is 1. The van der Waals surface area contributed by atoms with E-state index in [0.717, 1.165) is 6.54 Å². The van der Waals surface area contributed by atoms with Crippen LogP contribution in [-0.4, -0.2) is 13.6 Å². The maximum atomic E-state index is 13.3. The molecule has 0 unspecified atom stereocenters. The van der Waals surface area contributed by atoms with Crippen LogP contribution in [0.1, 0.15) is 12.0 Å². The summed E-state index contributed by atoms with van der Waals surface area (Å²) in [6.45, 7) is 0.801. The predicted octanol–water partition coefficient (Wildman–Crippen LogP) is 2.44. The molecule has 0 aliphatic heterocycles. The summed E-state index contributed by atoms with van der Waals surface area (Å²) in [4.78, 5) is 0. The Morgan fingerprint density at radius 3 is 3.00 bits per heavy atom. The van der Waals surface area contributed by atoms with E-state index in [2.05, 4.69) is 17.2 Å². The van der Waals surface area contributed by atoms with Crippen LogP contribution in [0, 0.1) is 17.7 Å². The van der Waals surface area contributed by atoms with Gasteiger partial charge < -0.3 is 5.32 Å². The van der Waals surface area contributed by atoms with Gasteiger partial charge in [0.15, 0.2) is 5.82 Å². The molecule has 0 atom stereocenters. The van der Waals surface area contributed by atoms with Gasteiger partial charge in [-0.1, -0.05) is 29.5 Å². The van der Waals surface area contributed by atoms with Gasteiger partial charge in [0, 0.05) is 13.0 Å². The smallest absolute Gasteiger partial charge is 0.157 e. The van der Waals surface area contributed by atoms with Gasteiger partial charge in [-0.3, -0.25) is 0 Å². The highest BCUT2D eigenvalue weighted by Crippen LogP contribution is 2.16. The van der Waals surface area contributed by atoms with E-state index >= 15 is 0 Å². The Kier molecular flexibility index (Phi) is 4.45. The molecule has 0 aliphatic rings. The van der Waals surface area contributed by atoms with Gasteiger partial charge >= 0.3 is 0 Å². The molecule has 0 saturated carbocycles. The third-order valence-electron chi connectivity index (χ3n) is 1.67. The average Bonchev–Trinajstić information content (AvgIpc) is 2.19. The van der Waals surface area contributed by atoms with Crippen molar-refractivity contribution in [1.82, 2.24) is 5.32 Å². The molecule has 74 valence electrons. The van der Waals surface area contributed by atoms with Crippen LogP contribution in [0.25, 0.3) is 0 Å². The van der Waals surface area contributed by atoms with Gasteiger partial charge in [-0.05, 0) is 19.2 Å². The highest BCUT2D eigenvalue weighted by atomic mass is 35.5. The van der Waals surface area contributed by atoms with Gasteiger partial charge in [-0.2, -0.15) is 0 Å². The van der Waals surface area contributed by atoms with Crippen LogP contribution in [-0.2, 0) is 0 Å². The summed E-state index contributed by atoms with van der Waals surface area (Å²) in [7, 11) is 1.85. The van der Waals surface area contributed by atoms with Crippen LogP contribution < -0.4 is 5.32 Å². The first-order chi connectivity index (χ1) is 6.75. The summed E-state index contributed by atoms with van der Waals surface area (Å²) >= 11 is 5.60. The lowest BCUT2D eigenvalue weighted by molar-refractivity contribution is 0.625. The summed E-state index contributed by atoms with van der Waals surface area (Å²) in [5.74, 6) is 5.16. The van der Waals surface area contributed by atoms with Crippen molar-refractivity contribution in [2.24, 2.45) is 0 Å². The second-order valence-electron chi connectivity index (χ2n) is 2.76. The Morgan fingerprint density at radius 2 is 2.29 bits per heavy atom. The second-order valence-corrected chi connectivity index (χ2v) is 3.16. The van der Waals surface area contributed by atoms with Crippen molar-refractivity contribution in [3.8, 4) is 11.8 Å². The molecule has 0 heterocycles. The van der Waals surface area contributed by atoms with E-state index in [-0.39, 0.29) is 5.02 Å². The van der Waals surface area contributed by atoms with E-state index in [1.807, 2.05) is 7.05 Å². The first-order valence-electron chi connectivity index (χ1n) is 4.33. The molecule has 1 aromatic rings. The quantitative estimate of drug-likeness (QED) is 0.585. The first kappa shape index (κ1) is 11.0. The minimum absolute atomic E-state index is 0.116. The van der Waals surface area contributed by atoms with Crippen molar-refractivity contribution in [3.05, 3.63) is 34.6 Å². The summed E-state index contributed by atoms with van der Waals surface area (Å²) in [5.41, 5.74) is 0.355. The zero-order valence-electron chi connectivity index (χ0n) is 7.90. The van der Waals surface area contributed by atoms with Crippen molar-refractivity contribution in [2.45, 2.75) is 6.42 Å². The lowest BCUT2D eigenvalue weighted by Crippen LogP contribution is -2.05. The molecule has 0 saturated heterocycles. The molecule has 14 heavy (non-hydrogen) atoms. The SMILES string of the molecule is CNCCC#Cc1cccc(Cl)c1F. The number of hydrogen-bond acceptors (Lipinski definition) is 1. The summed E-state index contributed by atoms with van der Waals surface area (Å²) < 4.78 is 13.3. The van der Waals surface area contributed by atoms with Gasteiger partial charge in [-0.25, -0.2) is 4.39 Å². The Bertz CT molecular complexity index is 365. The Labute approximate surface area is 88.3 Å². The Hall–Kier alpha value is -1.04. The number of hydrogen-bond donors (Lipinski definition) is 1. The fourth-order valence-electron chi connectivity index (χ4n) is 0.946. The molecule has 1 aromatic carbocycles. The standard InChI is InChI=1S/C11H11ClFN/c1-14-8-3-2-5-9-6-4-7-10(12)11(9)13/h4,6-7,14H,3,8H2,1H3. The van der Waals surface area contributed by atoms with Crippen LogP contribution in [0.4, 0.5) is 4.39 Å². The van der Waals surface area contributed by atoms with Crippen molar-refractivity contribution < 1.29 is 4.39 Å². The third-order valence-corrected chi connectivity index (χ3v) is 1.97. The third kappa shape index (κ3) is 3.02. The van der Waals surface area contributed by atoms with Crippen LogP contribution in [0.5, 0.6) is 0 Å². The normalized spacial score (nSPS) is 9.36. The molecule has 0 fully saturated rings. The van der Waals surface area contributed by atoms with Gasteiger partial charge in [0.25, 0.3) is 0 Å². The summed E-state index contributed by atoms with van der Waals surface area (Å²) in [5, 5.41) is 3.07. The summed E-state index contributed by atoms with van der Waals surface area (Å²) in [6.07, 6.45) is 0.697. The monoisotopic (exact) mass is 211 g/mol. The highest BCUT2D eigenvalue weighted by molar-refractivity contribution is 6.30. The molecule has 3 heteroatoms. The molecule has 0 aliphatic carbocycles. The van der Waals surface area contributed by atoms with Gasteiger partial charge in [-0.15, -0.1) is 0 Å². The van der Waals surface area contributed by atoms with Gasteiger partial charge in [0.1, 0.15) is 0 Å². The fourth-order valence-corrected chi connectivity index (χ4v) is 1.12. The molecule has 1 nitrogen and oxygen atoms in total. The second kappa shape index (κ2) is 5.64. The number of halogens is 2. The van der Waals surface area contributed by atoms with Crippen molar-refractivity contribution in [3.63, 3.8) is 0 Å². The van der Waals surface area contributed by atoms with E-state index in [1.54, 1.807) is 12.1 Å². The molecule has 1 N–H and O–H groups in total. The van der Waals surface area contributed by atoms with E-state index in [1.165, 1.54) is 6.07 Å². The molecule has 0 bridgehead atoms. The van der Waals surface area contributed by atoms with Crippen molar-refractivity contribution >= 4 is 11.6 Å². The maximum Gasteiger partial charge on any atom is 0.157 e. The number of nitrogens with one attached hydrogen (secondary N) is 1. The molecule has 0 amide bonds. The van der Waals surface area contributed by atoms with E-state index < -0.39 is 5.82 Å². The zero-order valence-corrected chi connectivity index (χ0v) is 8.66. The predicted molar refractivity (Wildman–Crippen MR) is 56.8 cm³/mol. The van der Waals surface area contributed by atoms with Crippen LogP contribution in [0.2, 0.25) is 5.02 Å². The largest absolute Gasteiger partial charge is 0.319 e. The van der Waals surface area contributed by atoms with E-state index in [9.17, 15) is 4.39 Å². The van der Waals surface area contributed by atoms with Crippen molar-refractivity contribution in [1.29, 1.82) is 0 Å². The van der Waals surface area contributed by atoms with E-state index in [0.29, 0.717) is 12.0 Å². The van der Waals surface area contributed by atoms with Gasteiger partial charge in [0.2, 0.25) is 0 Å². The fraction of sp³-hybridized carbons (Fsp3) is 0.273. The minimum atomic E-state index is -0.439. The molecular weight excluding hydrogens is 201 g/mol. The molecule has 0 spiro atoms. The molecule has 0 radical (unpaired) electrons. The van der Waals surface area contributed by atoms with Crippen LogP contribution in [0.15, 0.2) is 18.2 Å². The van der Waals surface area contributed by atoms with Gasteiger partial charge in [0.05, 0.1) is 10.6 Å². The highest BCUT2D eigenvalue weighted by Gasteiger charge is 2.02. The first-order valence-corrected chi connectivity index (χ1v) is 4.71. The maximum absolute atomic E-state index is 13.3. The average molecular weight is 212 g/mol. The topological polar surface area (TPSA) is 12.0 Å². The van der Waals surface area contributed by atoms with E-state index in [4.69, 9.17) is 11.6 Å². The summed E-state index contributed by atoms with van der Waals surface area (Å²) in [6, 6.07) is 4.82. The lowest BCUT2D eigenvalue weighted by atomic mass is 10.2. The Balaban J connectivity index is 2.74. The van der Waals surface area contributed by atoms with Crippen LogP contribution >= 0.6 is 11.6 Å². The number of rotatable bonds is 2. The Morgan fingerprint density at radius 1 is 1.50 bits per heavy atom. The zero-order chi connectivity index (χ0) is 10.4. The van der Waals surface area contributed by atoms with Crippen molar-refractivity contribution in [2.75, 3.05) is 13.6 Å². The lowest BCUT2D eigenvalue weighted by Gasteiger charge is -1.95.